The number of hydrogen-bond donors (Lipinski definition) is 0. The van der Waals surface area contributed by atoms with E-state index in [9.17, 15) is 0 Å². The monoisotopic (exact) mass is 974 g/mol. The first-order chi connectivity index (χ1) is 32.5. The Morgan fingerprint density at radius 2 is 0.882 bits per heavy atom. The van der Waals surface area contributed by atoms with E-state index in [0.29, 0.717) is 35.2 Å². The van der Waals surface area contributed by atoms with Gasteiger partial charge in [-0.05, 0) is 115 Å². The Morgan fingerprint density at radius 1 is 0.426 bits per heavy atom. The van der Waals surface area contributed by atoms with Gasteiger partial charge in [-0.25, -0.2) is 0 Å². The molecule has 0 N–H and O–H groups in total. The summed E-state index contributed by atoms with van der Waals surface area (Å²) in [6.45, 7) is 18.3. The Labute approximate surface area is 411 Å². The summed E-state index contributed by atoms with van der Waals surface area (Å²) in [7, 11) is 0. The van der Waals surface area contributed by atoms with E-state index in [1.54, 1.807) is 0 Å². The maximum absolute atomic E-state index is 6.84. The van der Waals surface area contributed by atoms with Crippen LogP contribution < -0.4 is 4.74 Å². The third-order valence-electron chi connectivity index (χ3n) is 14.0. The Bertz CT molecular complexity index is 3930. The second-order valence-corrected chi connectivity index (χ2v) is 19.5. The molecule has 0 fully saturated rings. The second kappa shape index (κ2) is 16.7. The number of fused-ring (bicyclic) bond motifs is 16. The third-order valence-corrected chi connectivity index (χ3v) is 14.0. The molecule has 0 aliphatic carbocycles. The van der Waals surface area contributed by atoms with Gasteiger partial charge in [0.15, 0.2) is 0 Å². The van der Waals surface area contributed by atoms with Crippen LogP contribution in [0.4, 0.5) is 0 Å². The summed E-state index contributed by atoms with van der Waals surface area (Å²) in [4.78, 5) is 10.6. The van der Waals surface area contributed by atoms with Crippen LogP contribution in [0, 0.1) is 12.1 Å². The van der Waals surface area contributed by atoms with Crippen LogP contribution in [0.2, 0.25) is 0 Å². The number of pyridine rings is 2. The number of aromatic nitrogens is 4. The fourth-order valence-corrected chi connectivity index (χ4v) is 10.9. The molecule has 0 amide bonds. The van der Waals surface area contributed by atoms with Crippen molar-refractivity contribution in [1.29, 1.82) is 0 Å². The largest absolute Gasteiger partial charge is 2.00 e. The summed E-state index contributed by atoms with van der Waals surface area (Å²) in [6, 6.07) is 60.1. The van der Waals surface area contributed by atoms with Crippen molar-refractivity contribution in [1.82, 2.24) is 18.8 Å². The number of benzene rings is 8. The van der Waals surface area contributed by atoms with Gasteiger partial charge < -0.3 is 13.5 Å². The number of para-hydroxylation sites is 4. The molecule has 68 heavy (non-hydrogen) atoms. The van der Waals surface area contributed by atoms with E-state index in [0.717, 1.165) is 71.3 Å². The second-order valence-electron chi connectivity index (χ2n) is 19.5. The summed E-state index contributed by atoms with van der Waals surface area (Å²) >= 11 is 0. The predicted octanol–water partition coefficient (Wildman–Crippen LogP) is 17.1. The van der Waals surface area contributed by atoms with E-state index < -0.39 is 0 Å². The summed E-state index contributed by atoms with van der Waals surface area (Å²) in [5, 5.41) is 6.30. The molecule has 336 valence electrons. The van der Waals surface area contributed by atoms with E-state index in [1.807, 2.05) is 6.07 Å². The zero-order chi connectivity index (χ0) is 45.8. The number of ether oxygens (including phenoxy) is 1. The quantitative estimate of drug-likeness (QED) is 0.0866. The van der Waals surface area contributed by atoms with Gasteiger partial charge in [-0.3, -0.25) is 9.97 Å². The minimum absolute atomic E-state index is 0. The van der Waals surface area contributed by atoms with Gasteiger partial charge in [-0.1, -0.05) is 186 Å². The fourth-order valence-electron chi connectivity index (χ4n) is 10.9. The van der Waals surface area contributed by atoms with E-state index in [1.165, 1.54) is 49.9 Å². The summed E-state index contributed by atoms with van der Waals surface area (Å²) in [6.07, 6.45) is 0. The first-order valence-corrected chi connectivity index (χ1v) is 23.9. The zero-order valence-corrected chi connectivity index (χ0v) is 41.2. The molecule has 0 aliphatic rings. The molecule has 5 nitrogen and oxygen atoms in total. The van der Waals surface area contributed by atoms with Gasteiger partial charge in [-0.2, -0.15) is 0 Å². The molecule has 4 heterocycles. The number of rotatable bonds is 8. The zero-order valence-electron chi connectivity index (χ0n) is 39.7. The van der Waals surface area contributed by atoms with Crippen molar-refractivity contribution in [3.63, 3.8) is 0 Å². The van der Waals surface area contributed by atoms with Crippen molar-refractivity contribution in [2.75, 3.05) is 0 Å². The van der Waals surface area contributed by atoms with Crippen LogP contribution in [0.15, 0.2) is 146 Å². The van der Waals surface area contributed by atoms with Crippen LogP contribution in [0.5, 0.6) is 11.5 Å². The molecule has 4 aromatic heterocycles. The van der Waals surface area contributed by atoms with Crippen molar-refractivity contribution in [2.24, 2.45) is 0 Å². The maximum Gasteiger partial charge on any atom is 2.00 e. The van der Waals surface area contributed by atoms with Crippen LogP contribution >= 0.6 is 0 Å². The van der Waals surface area contributed by atoms with E-state index in [2.05, 4.69) is 216 Å². The topological polar surface area (TPSA) is 43.8 Å². The van der Waals surface area contributed by atoms with E-state index in [-0.39, 0.29) is 20.4 Å². The third kappa shape index (κ3) is 6.75. The maximum atomic E-state index is 6.84. The van der Waals surface area contributed by atoms with Crippen molar-refractivity contribution in [3.8, 4) is 33.8 Å². The molecule has 0 saturated carbocycles. The van der Waals surface area contributed by atoms with Crippen LogP contribution in [0.25, 0.3) is 99.0 Å². The van der Waals surface area contributed by atoms with E-state index >= 15 is 0 Å². The molecule has 0 atom stereocenters. The predicted molar refractivity (Wildman–Crippen MR) is 280 cm³/mol. The smallest absolute Gasteiger partial charge is 0.497 e. The molecular weight excluding hydrogens is 923 g/mol. The van der Waals surface area contributed by atoms with Crippen LogP contribution in [-0.2, 0) is 20.4 Å². The number of hydrogen-bond acceptors (Lipinski definition) is 3. The molecule has 12 aromatic rings. The van der Waals surface area contributed by atoms with Gasteiger partial charge in [0.2, 0.25) is 0 Å². The van der Waals surface area contributed by atoms with Gasteiger partial charge in [0.05, 0.1) is 33.4 Å². The first-order valence-electron chi connectivity index (χ1n) is 23.9. The standard InChI is InChI=1S/C62H52N4O.Pd/c1-35(2)42-16-13-17-43(36(3)4)58(42)39-26-29-47-46-30-27-40(33-50(46)61-63-53-22-10-12-24-55(53)66(61)57(47)32-39)67-41-28-31-48-51(34-41)62-64-52-21-9-11-23-54(52)65(62)56-25-15-20-49(60(48)56)59-44(37(5)6)18-14-19-45(59)38(7)8;/h9-32,35-38H,1-8H3;/q-2;+2. The summed E-state index contributed by atoms with van der Waals surface area (Å²) < 4.78 is 11.5. The summed E-state index contributed by atoms with van der Waals surface area (Å²) in [5.74, 6) is 2.66. The van der Waals surface area contributed by atoms with Crippen LogP contribution in [0.3, 0.4) is 0 Å². The Kier molecular flexibility index (Phi) is 10.8. The number of nitrogens with zero attached hydrogens (tertiary/aromatic N) is 4. The van der Waals surface area contributed by atoms with Gasteiger partial charge in [-0.15, -0.1) is 12.1 Å². The molecule has 0 aliphatic heterocycles. The van der Waals surface area contributed by atoms with Crippen molar-refractivity contribution < 1.29 is 25.2 Å². The minimum atomic E-state index is 0. The molecular formula is C62H52N4OPd. The molecule has 0 bridgehead atoms. The Hall–Kier alpha value is -6.84. The molecule has 0 saturated heterocycles. The Morgan fingerprint density at radius 3 is 1.44 bits per heavy atom. The van der Waals surface area contributed by atoms with Crippen LogP contribution in [-0.4, -0.2) is 18.8 Å². The van der Waals surface area contributed by atoms with Gasteiger partial charge in [0, 0.05) is 22.5 Å². The average molecular weight is 976 g/mol. The Balaban J connectivity index is 0.00000507. The van der Waals surface area contributed by atoms with Gasteiger partial charge in [0.25, 0.3) is 0 Å². The SMILES string of the molecule is CC(C)c1cccc(C(C)C)c1-c1ccc2c3ccc(Oc4[c-]c5c(cc4)c4c(-c6c(C(C)C)cccc6C(C)C)cccc4n4c6ccccc6nc54)[c-]c3c3nc4ccccc4n3c2c1.[Pd+2]. The van der Waals surface area contributed by atoms with Gasteiger partial charge in [0.1, 0.15) is 0 Å². The molecule has 0 unspecified atom stereocenters. The fraction of sp³-hybridized carbons (Fsp3) is 0.194. The molecule has 12 rings (SSSR count). The first kappa shape index (κ1) is 43.7. The molecule has 0 radical (unpaired) electrons. The molecule has 6 heteroatoms. The average Bonchev–Trinajstić information content (AvgIpc) is 3.93. The normalized spacial score (nSPS) is 12.2. The molecule has 0 spiro atoms. The van der Waals surface area contributed by atoms with Crippen molar-refractivity contribution >= 4 is 76.7 Å². The van der Waals surface area contributed by atoms with E-state index in [4.69, 9.17) is 14.7 Å². The van der Waals surface area contributed by atoms with Gasteiger partial charge >= 0.3 is 20.4 Å². The van der Waals surface area contributed by atoms with Crippen LogP contribution in [0.1, 0.15) is 101 Å². The summed E-state index contributed by atoms with van der Waals surface area (Å²) in [5.41, 5.74) is 18.5. The molecule has 8 aromatic carbocycles. The number of imidazole rings is 2. The minimum Gasteiger partial charge on any atom is -0.497 e. The van der Waals surface area contributed by atoms with Crippen molar-refractivity contribution in [3.05, 3.63) is 180 Å². The van der Waals surface area contributed by atoms with Crippen molar-refractivity contribution in [2.45, 2.75) is 79.1 Å².